The molecule has 51 valence electrons. The zero-order valence-corrected chi connectivity index (χ0v) is 9.22. The summed E-state index contributed by atoms with van der Waals surface area (Å²) >= 11 is 0. The van der Waals surface area contributed by atoms with E-state index in [1.807, 2.05) is 20.8 Å². The van der Waals surface area contributed by atoms with E-state index in [2.05, 4.69) is 18.1 Å². The zero-order chi connectivity index (χ0) is 6.57. The molecule has 0 spiro atoms. The topological polar surface area (TPSA) is 12.4 Å². The van der Waals surface area contributed by atoms with Gasteiger partial charge in [0, 0.05) is 32.7 Å². The van der Waals surface area contributed by atoms with Gasteiger partial charge < -0.3 is 18.1 Å². The SMILES string of the molecule is [CH2-]C(C)N=[C-]C(C)C.[Y]. The summed E-state index contributed by atoms with van der Waals surface area (Å²) in [5.41, 5.74) is 0. The van der Waals surface area contributed by atoms with E-state index in [9.17, 15) is 0 Å². The third-order valence-electron chi connectivity index (χ3n) is 0.553. The van der Waals surface area contributed by atoms with Crippen LogP contribution in [-0.4, -0.2) is 12.3 Å². The molecule has 0 aliphatic carbocycles. The first-order valence-corrected chi connectivity index (χ1v) is 2.91. The van der Waals surface area contributed by atoms with Crippen molar-refractivity contribution in [2.24, 2.45) is 10.9 Å². The smallest absolute Gasteiger partial charge is 0 e. The normalized spacial score (nSPS) is 13.9. The molecule has 2 heteroatoms. The Morgan fingerprint density at radius 3 is 1.89 bits per heavy atom. The molecule has 0 aliphatic heterocycles. The number of rotatable bonds is 2. The first kappa shape index (κ1) is 12.5. The van der Waals surface area contributed by atoms with Gasteiger partial charge in [0.2, 0.25) is 0 Å². The Morgan fingerprint density at radius 1 is 1.33 bits per heavy atom. The molecule has 0 aromatic carbocycles. The molecular weight excluding hydrogens is 187 g/mol. The van der Waals surface area contributed by atoms with Crippen LogP contribution in [0.25, 0.3) is 0 Å². The van der Waals surface area contributed by atoms with Crippen molar-refractivity contribution in [1.82, 2.24) is 0 Å². The maximum atomic E-state index is 3.96. The fourth-order valence-corrected chi connectivity index (χ4v) is 0.276. The Hall–Kier alpha value is 0.774. The van der Waals surface area contributed by atoms with Gasteiger partial charge in [-0.2, -0.15) is 5.92 Å². The maximum Gasteiger partial charge on any atom is 0 e. The molecule has 0 rings (SSSR count). The van der Waals surface area contributed by atoms with E-state index in [1.165, 1.54) is 0 Å². The van der Waals surface area contributed by atoms with E-state index in [0.29, 0.717) is 5.92 Å². The average Bonchev–Trinajstić information content (AvgIpc) is 1.61. The van der Waals surface area contributed by atoms with Gasteiger partial charge in [-0.25, -0.2) is 0 Å². The van der Waals surface area contributed by atoms with E-state index >= 15 is 0 Å². The Balaban J connectivity index is 0. The van der Waals surface area contributed by atoms with Crippen molar-refractivity contribution < 1.29 is 32.7 Å². The number of hydrogen-bond donors (Lipinski definition) is 0. The van der Waals surface area contributed by atoms with Gasteiger partial charge in [-0.15, -0.1) is 6.04 Å². The van der Waals surface area contributed by atoms with E-state index in [-0.39, 0.29) is 38.8 Å². The monoisotopic (exact) mass is 200 g/mol. The molecule has 1 radical (unpaired) electrons. The second kappa shape index (κ2) is 6.89. The van der Waals surface area contributed by atoms with Crippen molar-refractivity contribution in [3.63, 3.8) is 0 Å². The van der Waals surface area contributed by atoms with Crippen molar-refractivity contribution in [3.05, 3.63) is 6.92 Å². The van der Waals surface area contributed by atoms with Crippen LogP contribution < -0.4 is 0 Å². The van der Waals surface area contributed by atoms with Crippen LogP contribution in [0.5, 0.6) is 0 Å². The molecule has 0 bridgehead atoms. The molecule has 0 amide bonds. The predicted molar refractivity (Wildman–Crippen MR) is 37.1 cm³/mol. The van der Waals surface area contributed by atoms with E-state index < -0.39 is 0 Å². The fourth-order valence-electron chi connectivity index (χ4n) is 0.276. The molecule has 0 fully saturated rings. The molecule has 1 atom stereocenters. The summed E-state index contributed by atoms with van der Waals surface area (Å²) in [5.74, 6) is 0.430. The number of aliphatic imine (C=N–C) groups is 1. The van der Waals surface area contributed by atoms with Crippen molar-refractivity contribution in [1.29, 1.82) is 0 Å². The molecule has 0 saturated carbocycles. The van der Waals surface area contributed by atoms with Gasteiger partial charge in [0.15, 0.2) is 0 Å². The van der Waals surface area contributed by atoms with Gasteiger partial charge in [-0.1, -0.05) is 20.8 Å². The minimum atomic E-state index is 0. The minimum Gasteiger partial charge on any atom is -0.530 e. The Morgan fingerprint density at radius 2 is 1.78 bits per heavy atom. The van der Waals surface area contributed by atoms with Crippen LogP contribution in [-0.2, 0) is 32.7 Å². The molecule has 0 heterocycles. The van der Waals surface area contributed by atoms with Crippen LogP contribution in [0.3, 0.4) is 0 Å². The van der Waals surface area contributed by atoms with Crippen LogP contribution in [0.1, 0.15) is 20.8 Å². The summed E-state index contributed by atoms with van der Waals surface area (Å²) in [7, 11) is 0. The Labute approximate surface area is 83.2 Å². The molecule has 1 nitrogen and oxygen atoms in total. The minimum absolute atomic E-state index is 0. The summed E-state index contributed by atoms with van der Waals surface area (Å²) in [4.78, 5) is 3.96. The average molecular weight is 200 g/mol. The third-order valence-corrected chi connectivity index (χ3v) is 0.553. The standard InChI is InChI=1S/C7H13N.Y/c1-6(2)5-8-7(3)4;/h6-7H,3H2,1-2,4H3;/q-2;. The summed E-state index contributed by atoms with van der Waals surface area (Å²) < 4.78 is 0. The van der Waals surface area contributed by atoms with Gasteiger partial charge in [-0.05, 0) is 0 Å². The van der Waals surface area contributed by atoms with E-state index in [1.54, 1.807) is 0 Å². The van der Waals surface area contributed by atoms with Crippen LogP contribution in [0.4, 0.5) is 0 Å². The first-order chi connectivity index (χ1) is 3.63. The van der Waals surface area contributed by atoms with Gasteiger partial charge in [-0.3, -0.25) is 0 Å². The molecule has 0 saturated heterocycles. The summed E-state index contributed by atoms with van der Waals surface area (Å²) in [5, 5.41) is 0. The van der Waals surface area contributed by atoms with Crippen molar-refractivity contribution >= 4 is 6.21 Å². The second-order valence-electron chi connectivity index (χ2n) is 2.26. The molecule has 9 heavy (non-hydrogen) atoms. The first-order valence-electron chi connectivity index (χ1n) is 2.91. The van der Waals surface area contributed by atoms with Crippen LogP contribution >= 0.6 is 0 Å². The van der Waals surface area contributed by atoms with Gasteiger partial charge in [0.05, 0.1) is 0 Å². The Bertz CT molecular complexity index is 67.0. The van der Waals surface area contributed by atoms with Gasteiger partial charge in [0.25, 0.3) is 0 Å². The number of hydrogen-bond acceptors (Lipinski definition) is 1. The predicted octanol–water partition coefficient (Wildman–Crippen LogP) is 1.81. The molecule has 1 unspecified atom stereocenters. The van der Waals surface area contributed by atoms with Crippen molar-refractivity contribution in [2.45, 2.75) is 26.8 Å². The Kier molecular flexibility index (Phi) is 9.53. The largest absolute Gasteiger partial charge is 0.530 e. The second-order valence-corrected chi connectivity index (χ2v) is 2.26. The van der Waals surface area contributed by atoms with Crippen LogP contribution in [0.2, 0.25) is 0 Å². The summed E-state index contributed by atoms with van der Waals surface area (Å²) in [6.45, 7) is 9.72. The molecular formula is C7H13NY-2. The van der Waals surface area contributed by atoms with Gasteiger partial charge in [0.1, 0.15) is 0 Å². The van der Waals surface area contributed by atoms with Crippen molar-refractivity contribution in [2.75, 3.05) is 0 Å². The molecule has 0 aromatic rings. The maximum absolute atomic E-state index is 3.96. The number of nitrogens with zero attached hydrogens (tertiary/aromatic N) is 1. The van der Waals surface area contributed by atoms with Gasteiger partial charge >= 0.3 is 0 Å². The summed E-state index contributed by atoms with van der Waals surface area (Å²) in [6, 6.07) is 0.150. The third kappa shape index (κ3) is 12.1. The molecule has 0 aromatic heterocycles. The van der Waals surface area contributed by atoms with Crippen LogP contribution in [0.15, 0.2) is 4.99 Å². The van der Waals surface area contributed by atoms with Crippen molar-refractivity contribution in [3.8, 4) is 0 Å². The summed E-state index contributed by atoms with van der Waals surface area (Å²) in [6.07, 6.45) is 2.91. The van der Waals surface area contributed by atoms with E-state index in [4.69, 9.17) is 0 Å². The van der Waals surface area contributed by atoms with E-state index in [0.717, 1.165) is 0 Å². The quantitative estimate of drug-likeness (QED) is 0.476. The molecule has 0 N–H and O–H groups in total. The zero-order valence-electron chi connectivity index (χ0n) is 6.39. The fraction of sp³-hybridized carbons (Fsp3) is 0.714. The van der Waals surface area contributed by atoms with Crippen LogP contribution in [0, 0.1) is 12.8 Å². The molecule has 0 aliphatic rings.